The van der Waals surface area contributed by atoms with Gasteiger partial charge in [0, 0.05) is 30.0 Å². The number of halogens is 3. The Balaban J connectivity index is 1.59. The van der Waals surface area contributed by atoms with E-state index in [0.717, 1.165) is 11.1 Å². The molecule has 0 amide bonds. The molecule has 0 spiro atoms. The average molecular weight is 386 g/mol. The maximum Gasteiger partial charge on any atom is 0.234 e. The molecule has 4 aromatic rings. The molecule has 0 radical (unpaired) electrons. The molecule has 2 aromatic carbocycles. The second kappa shape index (κ2) is 7.32. The standard InChI is InChI=1S/C20H14ClF2N3O/c21-8-13-7-16(23)3-6-19(13)14-9-24-20-25-17(11-26(20)10-14)12-27-18-4-1-15(22)2-5-18/h1-7,9-11H,8,12H2. The predicted molar refractivity (Wildman–Crippen MR) is 98.7 cm³/mol. The Hall–Kier alpha value is -2.99. The van der Waals surface area contributed by atoms with E-state index >= 15 is 0 Å². The number of rotatable bonds is 5. The summed E-state index contributed by atoms with van der Waals surface area (Å²) in [4.78, 5) is 8.76. The number of hydrogen-bond donors (Lipinski definition) is 0. The summed E-state index contributed by atoms with van der Waals surface area (Å²) < 4.78 is 33.8. The van der Waals surface area contributed by atoms with Crippen LogP contribution in [0.5, 0.6) is 5.75 Å². The van der Waals surface area contributed by atoms with Gasteiger partial charge in [-0.05, 0) is 47.5 Å². The highest BCUT2D eigenvalue weighted by atomic mass is 35.5. The van der Waals surface area contributed by atoms with E-state index in [-0.39, 0.29) is 24.1 Å². The molecular formula is C20H14ClF2N3O. The van der Waals surface area contributed by atoms with Gasteiger partial charge in [0.1, 0.15) is 24.0 Å². The molecule has 4 rings (SSSR count). The lowest BCUT2D eigenvalue weighted by atomic mass is 10.0. The Morgan fingerprint density at radius 1 is 1.00 bits per heavy atom. The summed E-state index contributed by atoms with van der Waals surface area (Å²) in [5.41, 5.74) is 3.00. The fraction of sp³-hybridized carbons (Fsp3) is 0.100. The molecule has 0 aliphatic carbocycles. The lowest BCUT2D eigenvalue weighted by molar-refractivity contribution is 0.301. The first-order valence-corrected chi connectivity index (χ1v) is 8.72. The molecule has 2 aromatic heterocycles. The minimum Gasteiger partial charge on any atom is -0.487 e. The quantitative estimate of drug-likeness (QED) is 0.454. The van der Waals surface area contributed by atoms with Gasteiger partial charge in [0.15, 0.2) is 0 Å². The van der Waals surface area contributed by atoms with Crippen molar-refractivity contribution < 1.29 is 13.5 Å². The Bertz CT molecular complexity index is 1100. The lowest BCUT2D eigenvalue weighted by Crippen LogP contribution is -1.95. The van der Waals surface area contributed by atoms with Crippen LogP contribution in [0.4, 0.5) is 8.78 Å². The highest BCUT2D eigenvalue weighted by Gasteiger charge is 2.10. The van der Waals surface area contributed by atoms with Gasteiger partial charge in [0.05, 0.1) is 5.69 Å². The second-order valence-electron chi connectivity index (χ2n) is 5.96. The first-order chi connectivity index (χ1) is 13.1. The van der Waals surface area contributed by atoms with Gasteiger partial charge in [-0.3, -0.25) is 4.40 Å². The summed E-state index contributed by atoms with van der Waals surface area (Å²) in [6.07, 6.45) is 5.34. The van der Waals surface area contributed by atoms with E-state index in [0.29, 0.717) is 22.8 Å². The zero-order valence-electron chi connectivity index (χ0n) is 14.1. The molecule has 0 saturated carbocycles. The smallest absolute Gasteiger partial charge is 0.234 e. The highest BCUT2D eigenvalue weighted by Crippen LogP contribution is 2.25. The summed E-state index contributed by atoms with van der Waals surface area (Å²) in [6, 6.07) is 10.3. The van der Waals surface area contributed by atoms with Crippen molar-refractivity contribution in [2.45, 2.75) is 12.5 Å². The number of imidazole rings is 1. The van der Waals surface area contributed by atoms with E-state index in [1.54, 1.807) is 35.0 Å². The van der Waals surface area contributed by atoms with E-state index in [1.807, 2.05) is 6.20 Å². The van der Waals surface area contributed by atoms with Crippen LogP contribution in [0.25, 0.3) is 16.9 Å². The van der Waals surface area contributed by atoms with Crippen LogP contribution < -0.4 is 4.74 Å². The summed E-state index contributed by atoms with van der Waals surface area (Å²) in [7, 11) is 0. The van der Waals surface area contributed by atoms with Crippen molar-refractivity contribution in [3.05, 3.63) is 83.9 Å². The summed E-state index contributed by atoms with van der Waals surface area (Å²) in [6.45, 7) is 0.230. The number of hydrogen-bond acceptors (Lipinski definition) is 3. The van der Waals surface area contributed by atoms with Crippen LogP contribution in [0.1, 0.15) is 11.3 Å². The van der Waals surface area contributed by atoms with Crippen molar-refractivity contribution >= 4 is 17.4 Å². The zero-order valence-corrected chi connectivity index (χ0v) is 14.8. The van der Waals surface area contributed by atoms with Crippen molar-refractivity contribution in [3.63, 3.8) is 0 Å². The van der Waals surface area contributed by atoms with E-state index in [1.165, 1.54) is 24.3 Å². The van der Waals surface area contributed by atoms with E-state index in [9.17, 15) is 8.78 Å². The van der Waals surface area contributed by atoms with Crippen LogP contribution in [0, 0.1) is 11.6 Å². The van der Waals surface area contributed by atoms with Crippen LogP contribution in [0.15, 0.2) is 61.1 Å². The summed E-state index contributed by atoms with van der Waals surface area (Å²) in [5.74, 6) is 0.632. The van der Waals surface area contributed by atoms with Gasteiger partial charge in [-0.25, -0.2) is 18.7 Å². The van der Waals surface area contributed by atoms with E-state index < -0.39 is 0 Å². The van der Waals surface area contributed by atoms with Gasteiger partial charge in [0.2, 0.25) is 5.78 Å². The summed E-state index contributed by atoms with van der Waals surface area (Å²) >= 11 is 5.94. The lowest BCUT2D eigenvalue weighted by Gasteiger charge is -2.07. The molecular weight excluding hydrogens is 372 g/mol. The van der Waals surface area contributed by atoms with Gasteiger partial charge in [-0.1, -0.05) is 6.07 Å². The first kappa shape index (κ1) is 17.4. The van der Waals surface area contributed by atoms with Crippen LogP contribution in [-0.2, 0) is 12.5 Å². The van der Waals surface area contributed by atoms with Crippen LogP contribution in [-0.4, -0.2) is 14.4 Å². The molecule has 136 valence electrons. The third-order valence-corrected chi connectivity index (χ3v) is 4.37. The normalized spacial score (nSPS) is 11.1. The Kier molecular flexibility index (Phi) is 4.73. The zero-order chi connectivity index (χ0) is 18.8. The number of fused-ring (bicyclic) bond motifs is 1. The largest absolute Gasteiger partial charge is 0.487 e. The van der Waals surface area contributed by atoms with Crippen LogP contribution in [0.3, 0.4) is 0 Å². The maximum atomic E-state index is 13.4. The molecule has 27 heavy (non-hydrogen) atoms. The van der Waals surface area contributed by atoms with Gasteiger partial charge in [0.25, 0.3) is 0 Å². The van der Waals surface area contributed by atoms with Crippen molar-refractivity contribution in [2.24, 2.45) is 0 Å². The van der Waals surface area contributed by atoms with E-state index in [2.05, 4.69) is 9.97 Å². The second-order valence-corrected chi connectivity index (χ2v) is 6.23. The molecule has 0 fully saturated rings. The highest BCUT2D eigenvalue weighted by molar-refractivity contribution is 6.17. The average Bonchev–Trinajstić information content (AvgIpc) is 3.09. The topological polar surface area (TPSA) is 39.4 Å². The SMILES string of the molecule is Fc1ccc(OCc2cn3cc(-c4ccc(F)cc4CCl)cnc3n2)cc1. The van der Waals surface area contributed by atoms with Crippen molar-refractivity contribution in [1.29, 1.82) is 0 Å². The number of aromatic nitrogens is 3. The Morgan fingerprint density at radius 3 is 2.56 bits per heavy atom. The third-order valence-electron chi connectivity index (χ3n) is 4.08. The molecule has 2 heterocycles. The van der Waals surface area contributed by atoms with E-state index in [4.69, 9.17) is 16.3 Å². The molecule has 0 saturated heterocycles. The molecule has 0 aliphatic heterocycles. The van der Waals surface area contributed by atoms with Crippen molar-refractivity contribution in [3.8, 4) is 16.9 Å². The number of ether oxygens (including phenoxy) is 1. The minimum atomic E-state index is -0.328. The molecule has 0 aliphatic rings. The maximum absolute atomic E-state index is 13.4. The molecule has 4 nitrogen and oxygen atoms in total. The van der Waals surface area contributed by atoms with Crippen LogP contribution in [0.2, 0.25) is 0 Å². The Labute approximate surface area is 159 Å². The van der Waals surface area contributed by atoms with Crippen molar-refractivity contribution in [2.75, 3.05) is 0 Å². The fourth-order valence-corrected chi connectivity index (χ4v) is 3.01. The third kappa shape index (κ3) is 3.75. The molecule has 0 unspecified atom stereocenters. The number of nitrogens with zero attached hydrogens (tertiary/aromatic N) is 3. The van der Waals surface area contributed by atoms with Gasteiger partial charge >= 0.3 is 0 Å². The van der Waals surface area contributed by atoms with Crippen molar-refractivity contribution in [1.82, 2.24) is 14.4 Å². The molecule has 7 heteroatoms. The van der Waals surface area contributed by atoms with Gasteiger partial charge < -0.3 is 4.74 Å². The number of benzene rings is 2. The fourth-order valence-electron chi connectivity index (χ4n) is 2.79. The molecule has 0 atom stereocenters. The Morgan fingerprint density at radius 2 is 1.78 bits per heavy atom. The number of alkyl halides is 1. The molecule has 0 N–H and O–H groups in total. The minimum absolute atomic E-state index is 0.200. The van der Waals surface area contributed by atoms with Gasteiger partial charge in [-0.15, -0.1) is 11.6 Å². The summed E-state index contributed by atoms with van der Waals surface area (Å²) in [5, 5.41) is 0. The molecule has 0 bridgehead atoms. The monoisotopic (exact) mass is 385 g/mol. The van der Waals surface area contributed by atoms with Gasteiger partial charge in [-0.2, -0.15) is 0 Å². The predicted octanol–water partition coefficient (Wildman–Crippen LogP) is 4.99. The first-order valence-electron chi connectivity index (χ1n) is 8.19. The van der Waals surface area contributed by atoms with Crippen LogP contribution >= 0.6 is 11.6 Å².